The van der Waals surface area contributed by atoms with Crippen molar-refractivity contribution in [2.45, 2.75) is 6.18 Å². The summed E-state index contributed by atoms with van der Waals surface area (Å²) in [6.07, 6.45) is -2.79. The van der Waals surface area contributed by atoms with E-state index in [9.17, 15) is 13.2 Å². The molecule has 22 heavy (non-hydrogen) atoms. The van der Waals surface area contributed by atoms with E-state index in [1.165, 1.54) is 12.1 Å². The Morgan fingerprint density at radius 3 is 2.23 bits per heavy atom. The second-order valence-electron chi connectivity index (χ2n) is 4.19. The zero-order valence-corrected chi connectivity index (χ0v) is 11.1. The summed E-state index contributed by atoms with van der Waals surface area (Å²) < 4.78 is 38.6. The zero-order valence-electron chi connectivity index (χ0n) is 11.1. The molecule has 0 saturated carbocycles. The van der Waals surface area contributed by atoms with Gasteiger partial charge in [0.2, 0.25) is 5.96 Å². The van der Waals surface area contributed by atoms with Gasteiger partial charge in [-0.15, -0.1) is 0 Å². The molecule has 7 nitrogen and oxygen atoms in total. The van der Waals surface area contributed by atoms with E-state index < -0.39 is 11.7 Å². The summed E-state index contributed by atoms with van der Waals surface area (Å²) in [5.74, 6) is -0.361. The van der Waals surface area contributed by atoms with Crippen molar-refractivity contribution in [3.8, 4) is 5.69 Å². The van der Waals surface area contributed by atoms with Crippen LogP contribution in [0.2, 0.25) is 0 Å². The summed E-state index contributed by atoms with van der Waals surface area (Å²) in [5.41, 5.74) is 15.8. The second kappa shape index (κ2) is 5.76. The molecule has 1 aromatic carbocycles. The van der Waals surface area contributed by atoms with Crippen molar-refractivity contribution in [2.75, 3.05) is 0 Å². The van der Waals surface area contributed by atoms with E-state index in [0.29, 0.717) is 11.4 Å². The molecular formula is C12H12F3N7. The Bertz CT molecular complexity index is 709. The fourth-order valence-corrected chi connectivity index (χ4v) is 1.58. The number of halogens is 3. The first-order chi connectivity index (χ1) is 10.3. The largest absolute Gasteiger partial charge is 0.419 e. The normalized spacial score (nSPS) is 12.2. The van der Waals surface area contributed by atoms with Gasteiger partial charge in [0.1, 0.15) is 0 Å². The van der Waals surface area contributed by atoms with Crippen LogP contribution in [-0.4, -0.2) is 21.7 Å². The maximum atomic E-state index is 12.5. The van der Waals surface area contributed by atoms with E-state index >= 15 is 0 Å². The van der Waals surface area contributed by atoms with Gasteiger partial charge in [0.15, 0.2) is 5.96 Å². The lowest BCUT2D eigenvalue weighted by Gasteiger charge is -2.03. The molecule has 0 unspecified atom stereocenters. The van der Waals surface area contributed by atoms with Crippen molar-refractivity contribution in [3.05, 3.63) is 42.2 Å². The van der Waals surface area contributed by atoms with Crippen LogP contribution < -0.4 is 17.2 Å². The maximum absolute atomic E-state index is 12.5. The third-order valence-corrected chi connectivity index (χ3v) is 2.51. The quantitative estimate of drug-likeness (QED) is 0.568. The van der Waals surface area contributed by atoms with Crippen molar-refractivity contribution < 1.29 is 13.2 Å². The molecular weight excluding hydrogens is 299 g/mol. The monoisotopic (exact) mass is 311 g/mol. The van der Waals surface area contributed by atoms with E-state index in [4.69, 9.17) is 17.2 Å². The van der Waals surface area contributed by atoms with E-state index in [1.807, 2.05) is 0 Å². The molecule has 6 N–H and O–H groups in total. The lowest BCUT2D eigenvalue weighted by atomic mass is 10.3. The molecule has 116 valence electrons. The van der Waals surface area contributed by atoms with Crippen LogP contribution in [0.5, 0.6) is 0 Å². The van der Waals surface area contributed by atoms with Crippen LogP contribution >= 0.6 is 0 Å². The Morgan fingerprint density at radius 1 is 1.09 bits per heavy atom. The van der Waals surface area contributed by atoms with Crippen molar-refractivity contribution in [1.82, 2.24) is 9.78 Å². The van der Waals surface area contributed by atoms with Crippen LogP contribution in [0.4, 0.5) is 18.9 Å². The molecule has 0 aliphatic heterocycles. The average Bonchev–Trinajstić information content (AvgIpc) is 2.88. The molecule has 0 bridgehead atoms. The van der Waals surface area contributed by atoms with Crippen molar-refractivity contribution in [2.24, 2.45) is 27.2 Å². The van der Waals surface area contributed by atoms with Gasteiger partial charge in [-0.2, -0.15) is 23.3 Å². The number of guanidine groups is 2. The predicted molar refractivity (Wildman–Crippen MR) is 75.7 cm³/mol. The van der Waals surface area contributed by atoms with Crippen molar-refractivity contribution in [3.63, 3.8) is 0 Å². The Kier molecular flexibility index (Phi) is 4.02. The van der Waals surface area contributed by atoms with Crippen LogP contribution in [0.25, 0.3) is 5.69 Å². The molecule has 0 fully saturated rings. The summed E-state index contributed by atoms with van der Waals surface area (Å²) in [6, 6.07) is 6.16. The van der Waals surface area contributed by atoms with Crippen molar-refractivity contribution in [1.29, 1.82) is 0 Å². The van der Waals surface area contributed by atoms with E-state index in [2.05, 4.69) is 15.1 Å². The topological polar surface area (TPSA) is 121 Å². The number of hydrogen-bond donors (Lipinski definition) is 3. The first-order valence-corrected chi connectivity index (χ1v) is 5.92. The lowest BCUT2D eigenvalue weighted by Crippen LogP contribution is -2.26. The molecule has 0 radical (unpaired) electrons. The fraction of sp³-hybridized carbons (Fsp3) is 0.0833. The summed E-state index contributed by atoms with van der Waals surface area (Å²) in [4.78, 5) is 7.46. The van der Waals surface area contributed by atoms with Crippen LogP contribution in [-0.2, 0) is 6.18 Å². The molecule has 10 heteroatoms. The highest BCUT2D eigenvalue weighted by Gasteiger charge is 2.32. The number of rotatable bonds is 2. The summed E-state index contributed by atoms with van der Waals surface area (Å²) >= 11 is 0. The Balaban J connectivity index is 2.22. The molecule has 0 aliphatic rings. The lowest BCUT2D eigenvalue weighted by molar-refractivity contribution is -0.137. The van der Waals surface area contributed by atoms with Crippen LogP contribution in [0.3, 0.4) is 0 Å². The Hall–Kier alpha value is -3.04. The molecule has 0 atom stereocenters. The number of alkyl halides is 3. The minimum atomic E-state index is -4.43. The van der Waals surface area contributed by atoms with Gasteiger partial charge >= 0.3 is 6.18 Å². The molecule has 0 spiro atoms. The smallest absolute Gasteiger partial charge is 0.370 e. The number of aliphatic imine (C=N–C) groups is 2. The highest BCUT2D eigenvalue weighted by molar-refractivity contribution is 5.93. The fourth-order valence-electron chi connectivity index (χ4n) is 1.58. The number of nitrogens with zero attached hydrogens (tertiary/aromatic N) is 4. The molecule has 0 saturated heterocycles. The Morgan fingerprint density at radius 2 is 1.73 bits per heavy atom. The maximum Gasteiger partial charge on any atom is 0.419 e. The molecule has 0 aliphatic carbocycles. The minimum Gasteiger partial charge on any atom is -0.370 e. The summed E-state index contributed by atoms with van der Waals surface area (Å²) in [6.45, 7) is 0. The van der Waals surface area contributed by atoms with Crippen LogP contribution in [0, 0.1) is 0 Å². The average molecular weight is 311 g/mol. The summed E-state index contributed by atoms with van der Waals surface area (Å²) in [5, 5.41) is 3.66. The molecule has 0 amide bonds. The molecule has 2 rings (SSSR count). The SMILES string of the molecule is NC(N)=NC(N)=Nc1ccc(-n2cc(C(F)(F)F)cn2)cc1. The van der Waals surface area contributed by atoms with Gasteiger partial charge in [-0.05, 0) is 24.3 Å². The summed E-state index contributed by atoms with van der Waals surface area (Å²) in [7, 11) is 0. The predicted octanol–water partition coefficient (Wildman–Crippen LogP) is 1.11. The number of nitrogens with two attached hydrogens (primary N) is 3. The van der Waals surface area contributed by atoms with Gasteiger partial charge in [-0.3, -0.25) is 0 Å². The van der Waals surface area contributed by atoms with Gasteiger partial charge in [0.25, 0.3) is 0 Å². The first kappa shape index (κ1) is 15.4. The van der Waals surface area contributed by atoms with Crippen LogP contribution in [0.1, 0.15) is 5.56 Å². The standard InChI is InChI=1S/C12H12F3N7/c13-12(14,15)7-5-19-22(6-7)9-3-1-8(2-4-9)20-11(18)21-10(16)17/h1-6H,(H6,16,17,18,20,21). The second-order valence-corrected chi connectivity index (χ2v) is 4.19. The van der Waals surface area contributed by atoms with E-state index in [-0.39, 0.29) is 11.9 Å². The van der Waals surface area contributed by atoms with E-state index in [1.54, 1.807) is 12.1 Å². The van der Waals surface area contributed by atoms with Crippen molar-refractivity contribution >= 4 is 17.6 Å². The number of benzene rings is 1. The number of aromatic nitrogens is 2. The highest BCUT2D eigenvalue weighted by Crippen LogP contribution is 2.29. The molecule has 1 heterocycles. The van der Waals surface area contributed by atoms with Crippen LogP contribution in [0.15, 0.2) is 46.6 Å². The highest BCUT2D eigenvalue weighted by atomic mass is 19.4. The van der Waals surface area contributed by atoms with Gasteiger partial charge in [-0.1, -0.05) is 0 Å². The minimum absolute atomic E-state index is 0.133. The van der Waals surface area contributed by atoms with Gasteiger partial charge in [0, 0.05) is 6.20 Å². The Labute approximate surface area is 122 Å². The first-order valence-electron chi connectivity index (χ1n) is 5.92. The van der Waals surface area contributed by atoms with Gasteiger partial charge < -0.3 is 17.2 Å². The molecule has 1 aromatic heterocycles. The van der Waals surface area contributed by atoms with Gasteiger partial charge in [0.05, 0.1) is 23.1 Å². The third-order valence-electron chi connectivity index (χ3n) is 2.51. The van der Waals surface area contributed by atoms with Gasteiger partial charge in [-0.25, -0.2) is 9.67 Å². The van der Waals surface area contributed by atoms with E-state index in [0.717, 1.165) is 17.1 Å². The molecule has 2 aromatic rings. The third kappa shape index (κ3) is 3.75. The number of hydrogen-bond acceptors (Lipinski definition) is 2. The zero-order chi connectivity index (χ0) is 16.3.